The van der Waals surface area contributed by atoms with Crippen molar-refractivity contribution in [2.45, 2.75) is 11.4 Å². The zero-order valence-electron chi connectivity index (χ0n) is 10.8. The van der Waals surface area contributed by atoms with Gasteiger partial charge in [0.25, 0.3) is 5.91 Å². The first-order valence-corrected chi connectivity index (χ1v) is 6.30. The molecule has 1 N–H and O–H groups in total. The Labute approximate surface area is 121 Å². The van der Waals surface area contributed by atoms with Crippen LogP contribution in [0.25, 0.3) is 0 Å². The fraction of sp³-hybridized carbons (Fsp3) is 0.143. The lowest BCUT2D eigenvalue weighted by Crippen LogP contribution is -2.23. The molecule has 2 aromatic rings. The van der Waals surface area contributed by atoms with Crippen molar-refractivity contribution in [3.05, 3.63) is 53.5 Å². The highest BCUT2D eigenvalue weighted by Crippen LogP contribution is 2.13. The molecule has 4 nitrogen and oxygen atoms in total. The van der Waals surface area contributed by atoms with E-state index in [1.807, 2.05) is 0 Å². The third-order valence-corrected chi connectivity index (χ3v) is 2.93. The summed E-state index contributed by atoms with van der Waals surface area (Å²) in [7, 11) is 1.52. The number of methoxy groups -OCH3 is 1. The molecule has 2 rings (SSSR count). The third kappa shape index (κ3) is 3.48. The number of aromatic nitrogens is 1. The number of carbonyl (C=O) groups is 1. The summed E-state index contributed by atoms with van der Waals surface area (Å²) in [5, 5.41) is 2.63. The van der Waals surface area contributed by atoms with Gasteiger partial charge in [-0.05, 0) is 23.8 Å². The number of thiol groups is 1. The third-order valence-electron chi connectivity index (χ3n) is 2.65. The van der Waals surface area contributed by atoms with Crippen LogP contribution < -0.4 is 10.1 Å². The molecule has 0 saturated carbocycles. The van der Waals surface area contributed by atoms with Gasteiger partial charge >= 0.3 is 0 Å². The van der Waals surface area contributed by atoms with Gasteiger partial charge in [-0.1, -0.05) is 6.07 Å². The number of hydrogen-bond acceptors (Lipinski definition) is 4. The monoisotopic (exact) mass is 292 g/mol. The Morgan fingerprint density at radius 1 is 1.40 bits per heavy atom. The van der Waals surface area contributed by atoms with Gasteiger partial charge in [0.05, 0.1) is 12.7 Å². The maximum atomic E-state index is 13.5. The lowest BCUT2D eigenvalue weighted by Gasteiger charge is -2.07. The van der Waals surface area contributed by atoms with Crippen LogP contribution in [0, 0.1) is 5.82 Å². The lowest BCUT2D eigenvalue weighted by molar-refractivity contribution is 0.0946. The molecular formula is C14H13FN2O2S. The molecule has 0 bridgehead atoms. The molecule has 1 aromatic carbocycles. The van der Waals surface area contributed by atoms with Crippen molar-refractivity contribution in [2.24, 2.45) is 0 Å². The van der Waals surface area contributed by atoms with E-state index in [1.165, 1.54) is 25.3 Å². The van der Waals surface area contributed by atoms with Gasteiger partial charge in [0, 0.05) is 23.7 Å². The highest BCUT2D eigenvalue weighted by atomic mass is 32.1. The number of ether oxygens (including phenoxy) is 1. The molecule has 0 radical (unpaired) electrons. The number of hydrogen-bond donors (Lipinski definition) is 2. The second kappa shape index (κ2) is 6.38. The van der Waals surface area contributed by atoms with Crippen LogP contribution in [0.3, 0.4) is 0 Å². The normalized spacial score (nSPS) is 10.2. The zero-order chi connectivity index (χ0) is 14.5. The Hall–Kier alpha value is -2.08. The number of carbonyl (C=O) groups excluding carboxylic acids is 1. The summed E-state index contributed by atoms with van der Waals surface area (Å²) in [5.41, 5.74) is 0.764. The molecule has 104 valence electrons. The van der Waals surface area contributed by atoms with Gasteiger partial charge in [-0.25, -0.2) is 9.37 Å². The van der Waals surface area contributed by atoms with E-state index in [4.69, 9.17) is 4.74 Å². The molecule has 20 heavy (non-hydrogen) atoms. The van der Waals surface area contributed by atoms with E-state index in [1.54, 1.807) is 18.3 Å². The Balaban J connectivity index is 2.02. The fourth-order valence-electron chi connectivity index (χ4n) is 1.60. The van der Waals surface area contributed by atoms with E-state index in [0.717, 1.165) is 5.56 Å². The van der Waals surface area contributed by atoms with Crippen molar-refractivity contribution in [3.8, 4) is 5.88 Å². The molecule has 0 aliphatic carbocycles. The molecule has 0 spiro atoms. The molecule has 1 aromatic heterocycles. The number of nitrogens with one attached hydrogen (secondary N) is 1. The molecule has 0 fully saturated rings. The SMILES string of the molecule is COc1ccc(CNC(=O)c2cc(S)ccc2F)cn1. The van der Waals surface area contributed by atoms with E-state index in [2.05, 4.69) is 22.9 Å². The van der Waals surface area contributed by atoms with Crippen molar-refractivity contribution in [2.75, 3.05) is 7.11 Å². The largest absolute Gasteiger partial charge is 0.481 e. The minimum absolute atomic E-state index is 0.0287. The summed E-state index contributed by atoms with van der Waals surface area (Å²) in [5.74, 6) is -0.573. The van der Waals surface area contributed by atoms with Gasteiger partial charge < -0.3 is 10.1 Å². The summed E-state index contributed by atoms with van der Waals surface area (Å²) in [6, 6.07) is 7.56. The van der Waals surface area contributed by atoms with Crippen molar-refractivity contribution < 1.29 is 13.9 Å². The molecule has 0 aliphatic heterocycles. The fourth-order valence-corrected chi connectivity index (χ4v) is 1.80. The number of halogens is 1. The predicted molar refractivity (Wildman–Crippen MR) is 75.6 cm³/mol. The standard InChI is InChI=1S/C14H13FN2O2S/c1-19-13-5-2-9(7-16-13)8-17-14(18)11-6-10(20)3-4-12(11)15/h2-7,20H,8H2,1H3,(H,17,18). The highest BCUT2D eigenvalue weighted by Gasteiger charge is 2.11. The maximum absolute atomic E-state index is 13.5. The summed E-state index contributed by atoms with van der Waals surface area (Å²) in [4.78, 5) is 16.4. The molecule has 0 unspecified atom stereocenters. The molecule has 1 heterocycles. The molecule has 6 heteroatoms. The summed E-state index contributed by atoms with van der Waals surface area (Å²) >= 11 is 4.09. The van der Waals surface area contributed by atoms with E-state index < -0.39 is 11.7 Å². The maximum Gasteiger partial charge on any atom is 0.254 e. The van der Waals surface area contributed by atoms with Crippen molar-refractivity contribution >= 4 is 18.5 Å². The summed E-state index contributed by atoms with van der Waals surface area (Å²) in [6.45, 7) is 0.256. The van der Waals surface area contributed by atoms with Crippen LogP contribution in [0.5, 0.6) is 5.88 Å². The number of pyridine rings is 1. The van der Waals surface area contributed by atoms with Gasteiger partial charge in [0.15, 0.2) is 0 Å². The van der Waals surface area contributed by atoms with E-state index in [9.17, 15) is 9.18 Å². The van der Waals surface area contributed by atoms with Crippen LogP contribution in [-0.2, 0) is 6.54 Å². The predicted octanol–water partition coefficient (Wildman–Crippen LogP) is 2.45. The van der Waals surface area contributed by atoms with Gasteiger partial charge in [-0.3, -0.25) is 4.79 Å². The smallest absolute Gasteiger partial charge is 0.254 e. The van der Waals surface area contributed by atoms with Crippen LogP contribution in [0.2, 0.25) is 0 Å². The van der Waals surface area contributed by atoms with Crippen LogP contribution in [0.1, 0.15) is 15.9 Å². The first-order chi connectivity index (χ1) is 9.60. The van der Waals surface area contributed by atoms with Gasteiger partial charge in [0.2, 0.25) is 5.88 Å². The number of benzene rings is 1. The van der Waals surface area contributed by atoms with Gasteiger partial charge in [-0.15, -0.1) is 12.6 Å². The first kappa shape index (κ1) is 14.3. The van der Waals surface area contributed by atoms with Gasteiger partial charge in [0.1, 0.15) is 5.82 Å². The number of nitrogens with zero attached hydrogens (tertiary/aromatic N) is 1. The second-order valence-electron chi connectivity index (χ2n) is 4.06. The topological polar surface area (TPSA) is 51.2 Å². The zero-order valence-corrected chi connectivity index (χ0v) is 11.7. The molecule has 1 amide bonds. The molecular weight excluding hydrogens is 279 g/mol. The lowest BCUT2D eigenvalue weighted by atomic mass is 10.2. The molecule has 0 saturated heterocycles. The average molecular weight is 292 g/mol. The Kier molecular flexibility index (Phi) is 4.57. The van der Waals surface area contributed by atoms with Crippen LogP contribution in [0.15, 0.2) is 41.4 Å². The Morgan fingerprint density at radius 3 is 2.85 bits per heavy atom. The van der Waals surface area contributed by atoms with Crippen LogP contribution >= 0.6 is 12.6 Å². The average Bonchev–Trinajstić information content (AvgIpc) is 2.47. The van der Waals surface area contributed by atoms with Crippen LogP contribution in [-0.4, -0.2) is 18.0 Å². The highest BCUT2D eigenvalue weighted by molar-refractivity contribution is 7.80. The summed E-state index contributed by atoms with van der Waals surface area (Å²) in [6.07, 6.45) is 1.59. The Morgan fingerprint density at radius 2 is 2.20 bits per heavy atom. The first-order valence-electron chi connectivity index (χ1n) is 5.86. The van der Waals surface area contributed by atoms with Crippen molar-refractivity contribution in [1.29, 1.82) is 0 Å². The summed E-state index contributed by atoms with van der Waals surface area (Å²) < 4.78 is 18.5. The number of rotatable bonds is 4. The number of amides is 1. The quantitative estimate of drug-likeness (QED) is 0.851. The van der Waals surface area contributed by atoms with E-state index in [0.29, 0.717) is 10.8 Å². The molecule has 0 atom stereocenters. The van der Waals surface area contributed by atoms with Crippen LogP contribution in [0.4, 0.5) is 4.39 Å². The second-order valence-corrected chi connectivity index (χ2v) is 4.57. The minimum atomic E-state index is -0.576. The Bertz CT molecular complexity index is 617. The van der Waals surface area contributed by atoms with Crippen molar-refractivity contribution in [3.63, 3.8) is 0 Å². The minimum Gasteiger partial charge on any atom is -0.481 e. The van der Waals surface area contributed by atoms with E-state index in [-0.39, 0.29) is 12.1 Å². The van der Waals surface area contributed by atoms with E-state index >= 15 is 0 Å². The molecule has 0 aliphatic rings. The van der Waals surface area contributed by atoms with Gasteiger partial charge in [-0.2, -0.15) is 0 Å². The van der Waals surface area contributed by atoms with Crippen molar-refractivity contribution in [1.82, 2.24) is 10.3 Å².